The maximum absolute atomic E-state index is 11.9. The standard InChI is InChI=1S/C14H13BrN2O3/c1-19-13-4-2-3-10(17-13)8-20-14(18)9-5-6-11(15)12(16)7-9/h2-7H,8,16H2,1H3. The number of halogens is 1. The van der Waals surface area contributed by atoms with E-state index in [1.807, 2.05) is 0 Å². The van der Waals surface area contributed by atoms with E-state index in [4.69, 9.17) is 15.2 Å². The SMILES string of the molecule is COc1cccc(COC(=O)c2ccc(Br)c(N)c2)n1. The average Bonchev–Trinajstić information content (AvgIpc) is 2.47. The van der Waals surface area contributed by atoms with Gasteiger partial charge in [-0.1, -0.05) is 6.07 Å². The number of carbonyl (C=O) groups excluding carboxylic acids is 1. The van der Waals surface area contributed by atoms with Crippen LogP contribution in [-0.2, 0) is 11.3 Å². The molecule has 1 aromatic carbocycles. The first-order chi connectivity index (χ1) is 9.60. The molecule has 0 saturated carbocycles. The molecule has 104 valence electrons. The summed E-state index contributed by atoms with van der Waals surface area (Å²) in [6, 6.07) is 10.2. The van der Waals surface area contributed by atoms with Gasteiger partial charge >= 0.3 is 5.97 Å². The molecule has 2 aromatic rings. The summed E-state index contributed by atoms with van der Waals surface area (Å²) in [7, 11) is 1.53. The summed E-state index contributed by atoms with van der Waals surface area (Å²) in [5.41, 5.74) is 7.22. The highest BCUT2D eigenvalue weighted by Crippen LogP contribution is 2.20. The van der Waals surface area contributed by atoms with Gasteiger partial charge in [-0.05, 0) is 40.2 Å². The van der Waals surface area contributed by atoms with Crippen LogP contribution in [0.25, 0.3) is 0 Å². The lowest BCUT2D eigenvalue weighted by Crippen LogP contribution is -2.07. The van der Waals surface area contributed by atoms with Gasteiger partial charge in [0.2, 0.25) is 5.88 Å². The number of carbonyl (C=O) groups is 1. The van der Waals surface area contributed by atoms with E-state index in [2.05, 4.69) is 20.9 Å². The van der Waals surface area contributed by atoms with E-state index in [9.17, 15) is 4.79 Å². The molecule has 0 saturated heterocycles. The Bertz CT molecular complexity index is 632. The number of nitrogens with two attached hydrogens (primary N) is 1. The van der Waals surface area contributed by atoms with Crippen molar-refractivity contribution in [3.05, 3.63) is 52.1 Å². The highest BCUT2D eigenvalue weighted by molar-refractivity contribution is 9.10. The van der Waals surface area contributed by atoms with Crippen LogP contribution in [0.4, 0.5) is 5.69 Å². The van der Waals surface area contributed by atoms with Crippen molar-refractivity contribution >= 4 is 27.6 Å². The maximum atomic E-state index is 11.9. The Morgan fingerprint density at radius 3 is 2.85 bits per heavy atom. The van der Waals surface area contributed by atoms with Crippen molar-refractivity contribution in [1.82, 2.24) is 4.98 Å². The van der Waals surface area contributed by atoms with E-state index < -0.39 is 5.97 Å². The van der Waals surface area contributed by atoms with Crippen LogP contribution >= 0.6 is 15.9 Å². The van der Waals surface area contributed by atoms with E-state index in [-0.39, 0.29) is 6.61 Å². The molecule has 0 unspecified atom stereocenters. The molecule has 0 amide bonds. The monoisotopic (exact) mass is 336 g/mol. The fraction of sp³-hybridized carbons (Fsp3) is 0.143. The van der Waals surface area contributed by atoms with Crippen molar-refractivity contribution in [2.24, 2.45) is 0 Å². The Hall–Kier alpha value is -2.08. The van der Waals surface area contributed by atoms with Gasteiger partial charge in [0, 0.05) is 16.2 Å². The molecule has 20 heavy (non-hydrogen) atoms. The number of nitrogen functional groups attached to an aromatic ring is 1. The molecular formula is C14H13BrN2O3. The highest BCUT2D eigenvalue weighted by Gasteiger charge is 2.09. The molecule has 0 bridgehead atoms. The predicted molar refractivity (Wildman–Crippen MR) is 78.5 cm³/mol. The second-order valence-electron chi connectivity index (χ2n) is 3.98. The molecule has 0 spiro atoms. The molecule has 0 aliphatic heterocycles. The van der Waals surface area contributed by atoms with Crippen LogP contribution in [0.1, 0.15) is 16.1 Å². The zero-order chi connectivity index (χ0) is 14.5. The zero-order valence-corrected chi connectivity index (χ0v) is 12.4. The van der Waals surface area contributed by atoms with Crippen LogP contribution < -0.4 is 10.5 Å². The quantitative estimate of drug-likeness (QED) is 0.686. The van der Waals surface area contributed by atoms with Crippen LogP contribution in [0.2, 0.25) is 0 Å². The smallest absolute Gasteiger partial charge is 0.338 e. The molecule has 2 rings (SSSR count). The minimum Gasteiger partial charge on any atom is -0.481 e. The number of aromatic nitrogens is 1. The lowest BCUT2D eigenvalue weighted by molar-refractivity contribution is 0.0467. The van der Waals surface area contributed by atoms with Gasteiger partial charge in [-0.2, -0.15) is 0 Å². The first kappa shape index (κ1) is 14.3. The summed E-state index contributed by atoms with van der Waals surface area (Å²) in [5, 5.41) is 0. The summed E-state index contributed by atoms with van der Waals surface area (Å²) >= 11 is 3.27. The summed E-state index contributed by atoms with van der Waals surface area (Å²) in [6.45, 7) is 0.0754. The fourth-order valence-corrected chi connectivity index (χ4v) is 1.79. The predicted octanol–water partition coefficient (Wildman–Crippen LogP) is 2.79. The molecule has 2 N–H and O–H groups in total. The van der Waals surface area contributed by atoms with Crippen LogP contribution in [-0.4, -0.2) is 18.1 Å². The second kappa shape index (κ2) is 6.38. The van der Waals surface area contributed by atoms with E-state index in [1.54, 1.807) is 36.4 Å². The Morgan fingerprint density at radius 1 is 1.35 bits per heavy atom. The van der Waals surface area contributed by atoms with Crippen molar-refractivity contribution in [3.8, 4) is 5.88 Å². The Labute approximate surface area is 124 Å². The van der Waals surface area contributed by atoms with E-state index in [0.29, 0.717) is 22.8 Å². The number of methoxy groups -OCH3 is 1. The Balaban J connectivity index is 2.02. The third kappa shape index (κ3) is 3.48. The Kier molecular flexibility index (Phi) is 4.57. The number of esters is 1. The normalized spacial score (nSPS) is 10.1. The number of benzene rings is 1. The van der Waals surface area contributed by atoms with Gasteiger partial charge in [-0.3, -0.25) is 0 Å². The summed E-state index contributed by atoms with van der Waals surface area (Å²) in [5.74, 6) is 0.0280. The fourth-order valence-electron chi connectivity index (χ4n) is 1.55. The Morgan fingerprint density at radius 2 is 2.15 bits per heavy atom. The number of nitrogens with zero attached hydrogens (tertiary/aromatic N) is 1. The van der Waals surface area contributed by atoms with Crippen molar-refractivity contribution in [3.63, 3.8) is 0 Å². The third-order valence-corrected chi connectivity index (χ3v) is 3.30. The van der Waals surface area contributed by atoms with Crippen molar-refractivity contribution < 1.29 is 14.3 Å². The first-order valence-electron chi connectivity index (χ1n) is 5.82. The molecule has 0 radical (unpaired) electrons. The van der Waals surface area contributed by atoms with Gasteiger partial charge in [-0.15, -0.1) is 0 Å². The van der Waals surface area contributed by atoms with Gasteiger partial charge in [0.25, 0.3) is 0 Å². The second-order valence-corrected chi connectivity index (χ2v) is 4.84. The van der Waals surface area contributed by atoms with Crippen molar-refractivity contribution in [2.45, 2.75) is 6.61 Å². The summed E-state index contributed by atoms with van der Waals surface area (Å²) < 4.78 is 10.9. The lowest BCUT2D eigenvalue weighted by Gasteiger charge is -2.07. The number of anilines is 1. The van der Waals surface area contributed by atoms with Gasteiger partial charge in [0.15, 0.2) is 0 Å². The minimum atomic E-state index is -0.450. The van der Waals surface area contributed by atoms with Gasteiger partial charge < -0.3 is 15.2 Å². The van der Waals surface area contributed by atoms with Crippen molar-refractivity contribution in [1.29, 1.82) is 0 Å². The molecule has 6 heteroatoms. The van der Waals surface area contributed by atoms with Gasteiger partial charge in [0.1, 0.15) is 6.61 Å². The molecule has 0 aliphatic carbocycles. The maximum Gasteiger partial charge on any atom is 0.338 e. The average molecular weight is 337 g/mol. The zero-order valence-electron chi connectivity index (χ0n) is 10.8. The van der Waals surface area contributed by atoms with Crippen LogP contribution in [0.5, 0.6) is 5.88 Å². The lowest BCUT2D eigenvalue weighted by atomic mass is 10.2. The number of hydrogen-bond acceptors (Lipinski definition) is 5. The van der Waals surface area contributed by atoms with E-state index in [1.165, 1.54) is 7.11 Å². The minimum absolute atomic E-state index is 0.0754. The molecule has 5 nitrogen and oxygen atoms in total. The van der Waals surface area contributed by atoms with Crippen LogP contribution in [0, 0.1) is 0 Å². The largest absolute Gasteiger partial charge is 0.481 e. The van der Waals surface area contributed by atoms with E-state index in [0.717, 1.165) is 4.47 Å². The molecule has 1 aromatic heterocycles. The number of hydrogen-bond donors (Lipinski definition) is 1. The van der Waals surface area contributed by atoms with Crippen molar-refractivity contribution in [2.75, 3.05) is 12.8 Å². The highest BCUT2D eigenvalue weighted by atomic mass is 79.9. The third-order valence-electron chi connectivity index (χ3n) is 2.57. The molecule has 1 heterocycles. The topological polar surface area (TPSA) is 74.4 Å². The number of ether oxygens (including phenoxy) is 2. The van der Waals surface area contributed by atoms with Gasteiger partial charge in [-0.25, -0.2) is 9.78 Å². The van der Waals surface area contributed by atoms with Crippen LogP contribution in [0.3, 0.4) is 0 Å². The number of pyridine rings is 1. The molecule has 0 atom stereocenters. The van der Waals surface area contributed by atoms with Crippen LogP contribution in [0.15, 0.2) is 40.9 Å². The molecule has 0 fully saturated rings. The molecule has 0 aliphatic rings. The summed E-state index contributed by atoms with van der Waals surface area (Å²) in [6.07, 6.45) is 0. The first-order valence-corrected chi connectivity index (χ1v) is 6.61. The number of rotatable bonds is 4. The van der Waals surface area contributed by atoms with Gasteiger partial charge in [0.05, 0.1) is 18.4 Å². The van der Waals surface area contributed by atoms with E-state index >= 15 is 0 Å². The summed E-state index contributed by atoms with van der Waals surface area (Å²) in [4.78, 5) is 16.0. The molecular weight excluding hydrogens is 324 g/mol.